The zero-order chi connectivity index (χ0) is 24.8. The van der Waals surface area contributed by atoms with Gasteiger partial charge in [-0.2, -0.15) is 4.98 Å². The van der Waals surface area contributed by atoms with Crippen molar-refractivity contribution in [2.24, 2.45) is 0 Å². The lowest BCUT2D eigenvalue weighted by Gasteiger charge is -2.34. The van der Waals surface area contributed by atoms with Crippen molar-refractivity contribution in [3.05, 3.63) is 53.1 Å². The first-order valence-corrected chi connectivity index (χ1v) is 12.0. The highest BCUT2D eigenvalue weighted by atomic mass is 35.5. The number of pyridine rings is 1. The molecule has 0 saturated carbocycles. The van der Waals surface area contributed by atoms with Crippen molar-refractivity contribution in [2.75, 3.05) is 51.3 Å². The summed E-state index contributed by atoms with van der Waals surface area (Å²) in [5, 5.41) is 16.9. The topological polar surface area (TPSA) is 116 Å². The molecule has 1 saturated heterocycles. The number of carbonyl (C=O) groups is 2. The lowest BCUT2D eigenvalue weighted by Crippen LogP contribution is -2.49. The fraction of sp³-hybridized carbons (Fsp3) is 0.480. The van der Waals surface area contributed by atoms with Crippen LogP contribution in [-0.4, -0.2) is 85.6 Å². The van der Waals surface area contributed by atoms with Crippen molar-refractivity contribution in [2.45, 2.75) is 32.0 Å². The van der Waals surface area contributed by atoms with E-state index in [0.29, 0.717) is 57.1 Å². The van der Waals surface area contributed by atoms with Gasteiger partial charge in [-0.25, -0.2) is 4.79 Å². The number of nitrogens with zero attached hydrogens (tertiary/aromatic N) is 3. The van der Waals surface area contributed by atoms with Crippen LogP contribution in [0.5, 0.6) is 5.88 Å². The number of nitrogens with one attached hydrogen (secondary N) is 2. The molecule has 0 aliphatic carbocycles. The number of anilines is 1. The molecule has 2 aliphatic rings. The highest BCUT2D eigenvalue weighted by molar-refractivity contribution is 5.96. The van der Waals surface area contributed by atoms with Gasteiger partial charge >= 0.3 is 6.09 Å². The molecule has 12 heteroatoms. The number of benzene rings is 1. The van der Waals surface area contributed by atoms with Crippen molar-refractivity contribution >= 4 is 42.6 Å². The number of hydrogen-bond acceptors (Lipinski definition) is 8. The van der Waals surface area contributed by atoms with Gasteiger partial charge in [-0.1, -0.05) is 24.3 Å². The molecule has 1 aromatic carbocycles. The molecule has 2 aromatic rings. The van der Waals surface area contributed by atoms with Gasteiger partial charge in [0.1, 0.15) is 11.4 Å². The molecule has 0 spiro atoms. The number of aliphatic hydroxyl groups is 1. The van der Waals surface area contributed by atoms with Crippen molar-refractivity contribution in [3.8, 4) is 5.88 Å². The maximum atomic E-state index is 12.9. The highest BCUT2D eigenvalue weighted by Crippen LogP contribution is 2.23. The Hall–Kier alpha value is -2.79. The standard InChI is InChI=1S/C25H33N5O5.2ClH/c1-3-35-24-19(8-9-22(28-24)29-10-12-30(13-11-29)25(33)34-2)23(32)27-16-21(31)20-14-17-6-4-5-7-18(17)15-26-20;;/h4-9,20-21,26,31H,3,10-16H2,1-2H3,(H,27,32);2*1H/t20-,21+;;/m0../s1. The van der Waals surface area contributed by atoms with Crippen LogP contribution in [0.15, 0.2) is 36.4 Å². The Morgan fingerprint density at radius 1 is 1.14 bits per heavy atom. The number of piperazine rings is 1. The summed E-state index contributed by atoms with van der Waals surface area (Å²) in [6, 6.07) is 11.5. The van der Waals surface area contributed by atoms with Gasteiger partial charge < -0.3 is 35.0 Å². The third kappa shape index (κ3) is 7.38. The normalized spacial score (nSPS) is 17.4. The molecule has 3 N–H and O–H groups in total. The average Bonchev–Trinajstić information content (AvgIpc) is 2.91. The first-order valence-electron chi connectivity index (χ1n) is 12.0. The number of carbonyl (C=O) groups excluding carboxylic acids is 2. The van der Waals surface area contributed by atoms with E-state index in [1.54, 1.807) is 17.0 Å². The maximum absolute atomic E-state index is 12.9. The molecular weight excluding hydrogens is 521 g/mol. The number of ether oxygens (including phenoxy) is 2. The molecule has 2 aliphatic heterocycles. The smallest absolute Gasteiger partial charge is 0.409 e. The molecule has 0 radical (unpaired) electrons. The van der Waals surface area contributed by atoms with Crippen molar-refractivity contribution in [1.29, 1.82) is 0 Å². The molecule has 0 unspecified atom stereocenters. The molecule has 2 amide bonds. The number of aromatic nitrogens is 1. The number of aliphatic hydroxyl groups excluding tert-OH is 1. The number of halogens is 2. The van der Waals surface area contributed by atoms with Crippen LogP contribution in [0.3, 0.4) is 0 Å². The number of hydrogen-bond donors (Lipinski definition) is 3. The second-order valence-corrected chi connectivity index (χ2v) is 8.64. The lowest BCUT2D eigenvalue weighted by atomic mass is 9.93. The predicted molar refractivity (Wildman–Crippen MR) is 145 cm³/mol. The van der Waals surface area contributed by atoms with Gasteiger partial charge in [-0.05, 0) is 36.6 Å². The molecule has 4 rings (SSSR count). The van der Waals surface area contributed by atoms with E-state index in [1.165, 1.54) is 18.2 Å². The zero-order valence-electron chi connectivity index (χ0n) is 21.0. The number of methoxy groups -OCH3 is 1. The minimum absolute atomic E-state index is 0. The molecule has 37 heavy (non-hydrogen) atoms. The predicted octanol–water partition coefficient (Wildman–Crippen LogP) is 2.02. The Balaban J connectivity index is 0.00000241. The Bertz CT molecular complexity index is 1050. The van der Waals surface area contributed by atoms with Gasteiger partial charge in [-0.15, -0.1) is 24.8 Å². The lowest BCUT2D eigenvalue weighted by molar-refractivity contribution is 0.0865. The Kier molecular flexibility index (Phi) is 11.7. The fourth-order valence-electron chi connectivity index (χ4n) is 4.46. The van der Waals surface area contributed by atoms with Gasteiger partial charge in [0.2, 0.25) is 5.88 Å². The van der Waals surface area contributed by atoms with E-state index in [9.17, 15) is 14.7 Å². The maximum Gasteiger partial charge on any atom is 0.409 e. The summed E-state index contributed by atoms with van der Waals surface area (Å²) in [5.41, 5.74) is 2.77. The van der Waals surface area contributed by atoms with E-state index in [2.05, 4.69) is 27.8 Å². The summed E-state index contributed by atoms with van der Waals surface area (Å²) in [6.45, 7) is 5.26. The fourth-order valence-corrected chi connectivity index (χ4v) is 4.46. The summed E-state index contributed by atoms with van der Waals surface area (Å²) in [5.74, 6) is 0.579. The molecule has 0 bridgehead atoms. The van der Waals surface area contributed by atoms with E-state index in [-0.39, 0.29) is 55.3 Å². The molecule has 204 valence electrons. The first kappa shape index (κ1) is 30.4. The van der Waals surface area contributed by atoms with Crippen LogP contribution in [-0.2, 0) is 17.7 Å². The van der Waals surface area contributed by atoms with Crippen molar-refractivity contribution in [3.63, 3.8) is 0 Å². The van der Waals surface area contributed by atoms with Crippen LogP contribution in [0.2, 0.25) is 0 Å². The largest absolute Gasteiger partial charge is 0.477 e. The van der Waals surface area contributed by atoms with E-state index in [0.717, 1.165) is 0 Å². The first-order chi connectivity index (χ1) is 17.0. The molecule has 1 aromatic heterocycles. The zero-order valence-corrected chi connectivity index (χ0v) is 22.6. The van der Waals surface area contributed by atoms with Crippen LogP contribution in [0.25, 0.3) is 0 Å². The third-order valence-corrected chi connectivity index (χ3v) is 6.46. The minimum Gasteiger partial charge on any atom is -0.477 e. The Morgan fingerprint density at radius 2 is 1.84 bits per heavy atom. The Labute approximate surface area is 229 Å². The van der Waals surface area contributed by atoms with E-state index >= 15 is 0 Å². The molecule has 3 heterocycles. The minimum atomic E-state index is -0.735. The van der Waals surface area contributed by atoms with Crippen molar-refractivity contribution in [1.82, 2.24) is 20.5 Å². The van der Waals surface area contributed by atoms with Gasteiger partial charge in [0.15, 0.2) is 0 Å². The van der Waals surface area contributed by atoms with Crippen LogP contribution in [0.1, 0.15) is 28.4 Å². The monoisotopic (exact) mass is 555 g/mol. The molecule has 1 fully saturated rings. The quantitative estimate of drug-likeness (QED) is 0.475. The second kappa shape index (κ2) is 14.2. The van der Waals surface area contributed by atoms with E-state index in [1.807, 2.05) is 24.0 Å². The van der Waals surface area contributed by atoms with Gasteiger partial charge in [0.05, 0.1) is 19.8 Å². The summed E-state index contributed by atoms with van der Waals surface area (Å²) < 4.78 is 10.5. The molecule has 2 atom stereocenters. The number of fused-ring (bicyclic) bond motifs is 1. The van der Waals surface area contributed by atoms with E-state index in [4.69, 9.17) is 9.47 Å². The van der Waals surface area contributed by atoms with E-state index < -0.39 is 6.10 Å². The van der Waals surface area contributed by atoms with Crippen LogP contribution < -0.4 is 20.3 Å². The van der Waals surface area contributed by atoms with Gasteiger partial charge in [0, 0.05) is 45.3 Å². The SMILES string of the molecule is CCOc1nc(N2CCN(C(=O)OC)CC2)ccc1C(=O)NC[C@@H](O)[C@@H]1Cc2ccccc2CN1.Cl.Cl. The summed E-state index contributed by atoms with van der Waals surface area (Å²) in [7, 11) is 1.37. The summed E-state index contributed by atoms with van der Waals surface area (Å²) in [4.78, 5) is 32.9. The van der Waals surface area contributed by atoms with Crippen molar-refractivity contribution < 1.29 is 24.2 Å². The number of rotatable bonds is 7. The molecule has 10 nitrogen and oxygen atoms in total. The van der Waals surface area contributed by atoms with Crippen LogP contribution >= 0.6 is 24.8 Å². The molecular formula is C25H35Cl2N5O5. The number of amides is 2. The van der Waals surface area contributed by atoms with Gasteiger partial charge in [0.25, 0.3) is 5.91 Å². The van der Waals surface area contributed by atoms with Crippen LogP contribution in [0, 0.1) is 0 Å². The third-order valence-electron chi connectivity index (χ3n) is 6.46. The van der Waals surface area contributed by atoms with Gasteiger partial charge in [-0.3, -0.25) is 4.79 Å². The second-order valence-electron chi connectivity index (χ2n) is 8.64. The summed E-state index contributed by atoms with van der Waals surface area (Å²) in [6.07, 6.45) is -0.368. The van der Waals surface area contributed by atoms with Crippen LogP contribution in [0.4, 0.5) is 10.6 Å². The Morgan fingerprint density at radius 3 is 2.51 bits per heavy atom. The highest BCUT2D eigenvalue weighted by Gasteiger charge is 2.26. The average molecular weight is 556 g/mol. The summed E-state index contributed by atoms with van der Waals surface area (Å²) >= 11 is 0.